The Balaban J connectivity index is 3.06. The van der Waals surface area contributed by atoms with Crippen LogP contribution in [0.5, 0.6) is 0 Å². The molecule has 0 radical (unpaired) electrons. The van der Waals surface area contributed by atoms with Gasteiger partial charge in [0.15, 0.2) is 6.10 Å². The second kappa shape index (κ2) is 5.94. The molecule has 0 bridgehead atoms. The number of nitro groups is 1. The minimum atomic E-state index is -1.02. The molecule has 102 valence electrons. The predicted molar refractivity (Wildman–Crippen MR) is 66.8 cm³/mol. The molecule has 1 amide bonds. The highest BCUT2D eigenvalue weighted by Crippen LogP contribution is 2.23. The van der Waals surface area contributed by atoms with Crippen LogP contribution in [0.1, 0.15) is 22.8 Å². The van der Waals surface area contributed by atoms with E-state index in [2.05, 4.69) is 5.32 Å². The highest BCUT2D eigenvalue weighted by Gasteiger charge is 2.26. The van der Waals surface area contributed by atoms with Crippen LogP contribution in [0.25, 0.3) is 0 Å². The molecule has 7 heteroatoms. The molecule has 1 rings (SSSR count). The molecule has 0 heterocycles. The Kier molecular flexibility index (Phi) is 4.57. The SMILES string of the molecule is CNC(=O)[C@H](C)OC(=O)c1c(C)cccc1[N+](=O)[O-]. The fourth-order valence-electron chi connectivity index (χ4n) is 1.55. The summed E-state index contributed by atoms with van der Waals surface area (Å²) in [6.45, 7) is 2.95. The van der Waals surface area contributed by atoms with Crippen molar-refractivity contribution in [1.82, 2.24) is 5.32 Å². The number of carbonyl (C=O) groups excluding carboxylic acids is 2. The molecule has 1 aromatic carbocycles. The maximum atomic E-state index is 11.9. The van der Waals surface area contributed by atoms with E-state index in [9.17, 15) is 19.7 Å². The van der Waals surface area contributed by atoms with Crippen molar-refractivity contribution >= 4 is 17.6 Å². The van der Waals surface area contributed by atoms with E-state index in [4.69, 9.17) is 4.74 Å². The minimum absolute atomic E-state index is 0.136. The van der Waals surface area contributed by atoms with Crippen LogP contribution >= 0.6 is 0 Å². The molecule has 0 aromatic heterocycles. The van der Waals surface area contributed by atoms with Crippen molar-refractivity contribution in [3.8, 4) is 0 Å². The summed E-state index contributed by atoms with van der Waals surface area (Å²) < 4.78 is 4.91. The molecule has 0 saturated carbocycles. The zero-order valence-electron chi connectivity index (χ0n) is 10.8. The van der Waals surface area contributed by atoms with Crippen LogP contribution in [0.3, 0.4) is 0 Å². The molecule has 0 saturated heterocycles. The van der Waals surface area contributed by atoms with Crippen LogP contribution in [-0.2, 0) is 9.53 Å². The third kappa shape index (κ3) is 3.27. The molecule has 1 N–H and O–H groups in total. The Hall–Kier alpha value is -2.44. The number of ether oxygens (including phenoxy) is 1. The Morgan fingerprint density at radius 3 is 2.58 bits per heavy atom. The van der Waals surface area contributed by atoms with Crippen LogP contribution in [0.2, 0.25) is 0 Å². The van der Waals surface area contributed by atoms with Crippen LogP contribution in [-0.4, -0.2) is 30.0 Å². The summed E-state index contributed by atoms with van der Waals surface area (Å²) in [5, 5.41) is 13.2. The molecular weight excluding hydrogens is 252 g/mol. The summed E-state index contributed by atoms with van der Waals surface area (Å²) in [6.07, 6.45) is -1.02. The number of rotatable bonds is 4. The van der Waals surface area contributed by atoms with Crippen LogP contribution < -0.4 is 5.32 Å². The fraction of sp³-hybridized carbons (Fsp3) is 0.333. The van der Waals surface area contributed by atoms with Gasteiger partial charge in [0.05, 0.1) is 4.92 Å². The van der Waals surface area contributed by atoms with Gasteiger partial charge < -0.3 is 10.1 Å². The van der Waals surface area contributed by atoms with Crippen molar-refractivity contribution < 1.29 is 19.2 Å². The van der Waals surface area contributed by atoms with Crippen molar-refractivity contribution in [2.75, 3.05) is 7.05 Å². The maximum Gasteiger partial charge on any atom is 0.346 e. The minimum Gasteiger partial charge on any atom is -0.449 e. The first kappa shape index (κ1) is 14.6. The summed E-state index contributed by atoms with van der Waals surface area (Å²) in [4.78, 5) is 33.4. The topological polar surface area (TPSA) is 98.5 Å². The molecule has 0 aliphatic heterocycles. The van der Waals surface area contributed by atoms with Crippen molar-refractivity contribution in [2.45, 2.75) is 20.0 Å². The third-order valence-corrected chi connectivity index (χ3v) is 2.55. The van der Waals surface area contributed by atoms with Gasteiger partial charge in [0.2, 0.25) is 0 Å². The number of hydrogen-bond acceptors (Lipinski definition) is 5. The van der Waals surface area contributed by atoms with Crippen LogP contribution in [0.15, 0.2) is 18.2 Å². The lowest BCUT2D eigenvalue weighted by Crippen LogP contribution is -2.33. The van der Waals surface area contributed by atoms with Gasteiger partial charge in [0.25, 0.3) is 11.6 Å². The highest BCUT2D eigenvalue weighted by molar-refractivity contribution is 5.97. The van der Waals surface area contributed by atoms with E-state index in [1.54, 1.807) is 13.0 Å². The predicted octanol–water partition coefficient (Wildman–Crippen LogP) is 1.19. The number of likely N-dealkylation sites (N-methyl/N-ethyl adjacent to an activating group) is 1. The van der Waals surface area contributed by atoms with Gasteiger partial charge in [-0.25, -0.2) is 4.79 Å². The van der Waals surface area contributed by atoms with E-state index in [0.29, 0.717) is 5.56 Å². The second-order valence-corrected chi connectivity index (χ2v) is 3.89. The van der Waals surface area contributed by atoms with Crippen LogP contribution in [0, 0.1) is 17.0 Å². The molecule has 1 aromatic rings. The summed E-state index contributed by atoms with van der Waals surface area (Å²) in [5.74, 6) is -1.37. The van der Waals surface area contributed by atoms with Crippen LogP contribution in [0.4, 0.5) is 5.69 Å². The zero-order valence-corrected chi connectivity index (χ0v) is 10.8. The molecule has 0 aliphatic carbocycles. The van der Waals surface area contributed by atoms with Crippen molar-refractivity contribution in [3.05, 3.63) is 39.4 Å². The molecule has 19 heavy (non-hydrogen) atoms. The van der Waals surface area contributed by atoms with Crippen molar-refractivity contribution in [3.63, 3.8) is 0 Å². The van der Waals surface area contributed by atoms with Gasteiger partial charge in [0, 0.05) is 13.1 Å². The molecule has 7 nitrogen and oxygen atoms in total. The van der Waals surface area contributed by atoms with E-state index in [1.165, 1.54) is 26.1 Å². The normalized spacial score (nSPS) is 11.5. The molecule has 0 aliphatic rings. The highest BCUT2D eigenvalue weighted by atomic mass is 16.6. The van der Waals surface area contributed by atoms with E-state index < -0.39 is 22.9 Å². The Labute approximate surface area is 109 Å². The van der Waals surface area contributed by atoms with Crippen molar-refractivity contribution in [2.24, 2.45) is 0 Å². The summed E-state index contributed by atoms with van der Waals surface area (Å²) >= 11 is 0. The third-order valence-electron chi connectivity index (χ3n) is 2.55. The van der Waals surface area contributed by atoms with Gasteiger partial charge in [-0.1, -0.05) is 12.1 Å². The number of carbonyl (C=O) groups is 2. The first-order chi connectivity index (χ1) is 8.88. The Bertz CT molecular complexity index is 527. The maximum absolute atomic E-state index is 11.9. The number of nitro benzene ring substituents is 1. The second-order valence-electron chi connectivity index (χ2n) is 3.89. The summed E-state index contributed by atoms with van der Waals surface area (Å²) in [7, 11) is 1.41. The summed E-state index contributed by atoms with van der Waals surface area (Å²) in [5.41, 5.74) is -0.0549. The molecule has 0 fully saturated rings. The van der Waals surface area contributed by atoms with E-state index in [-0.39, 0.29) is 11.3 Å². The molecule has 0 unspecified atom stereocenters. The quantitative estimate of drug-likeness (QED) is 0.501. The molecule has 0 spiro atoms. The van der Waals surface area contributed by atoms with E-state index >= 15 is 0 Å². The standard InChI is InChI=1S/C12H14N2O5/c1-7-5-4-6-9(14(17)18)10(7)12(16)19-8(2)11(15)13-3/h4-6,8H,1-3H3,(H,13,15)/t8-/m0/s1. The number of amides is 1. The zero-order chi connectivity index (χ0) is 14.6. The van der Waals surface area contributed by atoms with Gasteiger partial charge >= 0.3 is 5.97 Å². The van der Waals surface area contributed by atoms with E-state index in [0.717, 1.165) is 0 Å². The molecule has 1 atom stereocenters. The number of aryl methyl sites for hydroxylation is 1. The number of esters is 1. The van der Waals surface area contributed by atoms with Gasteiger partial charge in [-0.2, -0.15) is 0 Å². The first-order valence-electron chi connectivity index (χ1n) is 5.55. The van der Waals surface area contributed by atoms with Crippen molar-refractivity contribution in [1.29, 1.82) is 0 Å². The first-order valence-corrected chi connectivity index (χ1v) is 5.55. The average molecular weight is 266 g/mol. The lowest BCUT2D eigenvalue weighted by Gasteiger charge is -2.12. The lowest BCUT2D eigenvalue weighted by atomic mass is 10.1. The summed E-state index contributed by atoms with van der Waals surface area (Å²) in [6, 6.07) is 4.26. The lowest BCUT2D eigenvalue weighted by molar-refractivity contribution is -0.385. The fourth-order valence-corrected chi connectivity index (χ4v) is 1.55. The van der Waals surface area contributed by atoms with E-state index in [1.807, 2.05) is 0 Å². The monoisotopic (exact) mass is 266 g/mol. The number of hydrogen-bond donors (Lipinski definition) is 1. The number of benzene rings is 1. The van der Waals surface area contributed by atoms with Gasteiger partial charge in [0.1, 0.15) is 5.56 Å². The Morgan fingerprint density at radius 1 is 1.42 bits per heavy atom. The average Bonchev–Trinajstić information content (AvgIpc) is 2.36. The van der Waals surface area contributed by atoms with Gasteiger partial charge in [-0.3, -0.25) is 14.9 Å². The smallest absolute Gasteiger partial charge is 0.346 e. The number of nitrogens with zero attached hydrogens (tertiary/aromatic N) is 1. The Morgan fingerprint density at radius 2 is 2.05 bits per heavy atom. The van der Waals surface area contributed by atoms with Gasteiger partial charge in [-0.05, 0) is 19.4 Å². The van der Waals surface area contributed by atoms with Gasteiger partial charge in [-0.15, -0.1) is 0 Å². The number of nitrogens with one attached hydrogen (secondary N) is 1. The molecular formula is C12H14N2O5. The largest absolute Gasteiger partial charge is 0.449 e.